The fourth-order valence-electron chi connectivity index (χ4n) is 13.2. The molecule has 0 spiro atoms. The molecule has 0 saturated heterocycles. The summed E-state index contributed by atoms with van der Waals surface area (Å²) in [6, 6.07) is 30.6. The molecule has 8 unspecified atom stereocenters. The van der Waals surface area contributed by atoms with Crippen molar-refractivity contribution in [2.24, 2.45) is 51.8 Å². The van der Waals surface area contributed by atoms with Crippen LogP contribution in [0.1, 0.15) is 195 Å². The minimum absolute atomic E-state index is 0.311. The molecule has 0 bridgehead atoms. The van der Waals surface area contributed by atoms with Crippen LogP contribution >= 0.6 is 0 Å². The van der Waals surface area contributed by atoms with Crippen molar-refractivity contribution in [3.63, 3.8) is 0 Å². The molecule has 0 aromatic heterocycles. The van der Waals surface area contributed by atoms with Gasteiger partial charge in [0.2, 0.25) is 0 Å². The largest absolute Gasteiger partial charge is 0.478 e. The molecule has 0 N–H and O–H groups in total. The third kappa shape index (κ3) is 22.6. The molecule has 0 fully saturated rings. The number of ether oxygens (including phenoxy) is 8. The molecule has 97 heavy (non-hydrogen) atoms. The van der Waals surface area contributed by atoms with Gasteiger partial charge >= 0.3 is 0 Å². The lowest BCUT2D eigenvalue weighted by Gasteiger charge is -2.17. The first-order chi connectivity index (χ1) is 47.1. The highest BCUT2D eigenvalue weighted by molar-refractivity contribution is 5.86. The number of benzene rings is 4. The van der Waals surface area contributed by atoms with Crippen molar-refractivity contribution in [3.8, 4) is 0 Å². The summed E-state index contributed by atoms with van der Waals surface area (Å²) in [6.07, 6.45) is 17.3. The number of hydrogen-bond donors (Lipinski definition) is 0. The van der Waals surface area contributed by atoms with E-state index in [4.69, 9.17) is 57.9 Å². The molecule has 16 nitrogen and oxygen atoms in total. The zero-order valence-corrected chi connectivity index (χ0v) is 61.0. The topological polar surface area (TPSA) is 173 Å². The van der Waals surface area contributed by atoms with Crippen LogP contribution in [-0.4, -0.2) is 148 Å². The molecule has 8 heterocycles. The van der Waals surface area contributed by atoms with Gasteiger partial charge in [-0.3, -0.25) is 0 Å². The minimum Gasteiger partial charge on any atom is -0.478 e. The van der Waals surface area contributed by atoms with E-state index >= 15 is 0 Å². The molecule has 4 aromatic rings. The van der Waals surface area contributed by atoms with Gasteiger partial charge in [0, 0.05) is 51.4 Å². The van der Waals surface area contributed by atoms with Gasteiger partial charge in [0.25, 0.3) is 0 Å². The zero-order chi connectivity index (χ0) is 68.6. The van der Waals surface area contributed by atoms with E-state index in [2.05, 4.69) is 189 Å². The Kier molecular flexibility index (Phi) is 28.6. The lowest BCUT2D eigenvalue weighted by molar-refractivity contribution is 0.287. The molecular formula is C81H114N8O8. The quantitative estimate of drug-likeness (QED) is 0.0540. The Labute approximate surface area is 580 Å². The second-order valence-corrected chi connectivity index (χ2v) is 28.1. The van der Waals surface area contributed by atoms with Gasteiger partial charge in [-0.25, -0.2) is 39.9 Å². The van der Waals surface area contributed by atoms with Crippen molar-refractivity contribution < 1.29 is 37.9 Å². The Balaban J connectivity index is 0.000000152. The van der Waals surface area contributed by atoms with Crippen molar-refractivity contribution in [1.29, 1.82) is 0 Å². The highest BCUT2D eigenvalue weighted by Gasteiger charge is 2.28. The average Bonchev–Trinajstić information content (AvgIpc) is 1.19. The Bertz CT molecular complexity index is 3220. The van der Waals surface area contributed by atoms with Crippen molar-refractivity contribution in [2.45, 2.75) is 254 Å². The second-order valence-electron chi connectivity index (χ2n) is 28.1. The van der Waals surface area contributed by atoms with Crippen LogP contribution in [0.2, 0.25) is 0 Å². The maximum absolute atomic E-state index is 5.88. The average molecular weight is 1330 g/mol. The molecule has 12 rings (SSSR count). The second kappa shape index (κ2) is 37.6. The van der Waals surface area contributed by atoms with Crippen LogP contribution in [0.5, 0.6) is 0 Å². The Morgan fingerprint density at radius 1 is 0.320 bits per heavy atom. The van der Waals surface area contributed by atoms with E-state index in [0.29, 0.717) is 60.2 Å². The van der Waals surface area contributed by atoms with E-state index in [1.165, 1.54) is 61.2 Å². The summed E-state index contributed by atoms with van der Waals surface area (Å²) in [4.78, 5) is 37.5. The molecular weight excluding hydrogens is 1210 g/mol. The first-order valence-electron chi connectivity index (χ1n) is 36.9. The van der Waals surface area contributed by atoms with Crippen molar-refractivity contribution in [3.05, 3.63) is 140 Å². The molecule has 526 valence electrons. The summed E-state index contributed by atoms with van der Waals surface area (Å²) in [6.45, 7) is 34.3. The van der Waals surface area contributed by atoms with Crippen LogP contribution in [0, 0.1) is 32.6 Å². The number of aryl methyl sites for hydroxylation is 2. The lowest BCUT2D eigenvalue weighted by Crippen LogP contribution is -2.13. The van der Waals surface area contributed by atoms with E-state index in [1.807, 2.05) is 0 Å². The Hall–Kier alpha value is -7.36. The van der Waals surface area contributed by atoms with E-state index < -0.39 is 0 Å². The number of nitrogens with zero attached hydrogens (tertiary/aromatic N) is 8. The highest BCUT2D eigenvalue weighted by Crippen LogP contribution is 2.28. The van der Waals surface area contributed by atoms with Gasteiger partial charge in [-0.1, -0.05) is 174 Å². The van der Waals surface area contributed by atoms with Gasteiger partial charge in [0.05, 0.1) is 48.3 Å². The monoisotopic (exact) mass is 1330 g/mol. The molecule has 8 aliphatic rings. The van der Waals surface area contributed by atoms with E-state index in [1.54, 1.807) is 0 Å². The normalized spacial score (nSPS) is 22.8. The van der Waals surface area contributed by atoms with Crippen LogP contribution in [-0.2, 0) is 89.3 Å². The molecule has 0 amide bonds. The van der Waals surface area contributed by atoms with Crippen LogP contribution in [0.4, 0.5) is 0 Å². The fraction of sp³-hybridized carbons (Fsp3) is 0.605. The van der Waals surface area contributed by atoms with Crippen LogP contribution in [0.15, 0.2) is 119 Å². The Morgan fingerprint density at radius 3 is 0.938 bits per heavy atom. The predicted molar refractivity (Wildman–Crippen MR) is 397 cm³/mol. The zero-order valence-electron chi connectivity index (χ0n) is 61.0. The van der Waals surface area contributed by atoms with E-state index in [-0.39, 0.29) is 0 Å². The molecule has 0 aliphatic carbocycles. The summed E-state index contributed by atoms with van der Waals surface area (Å²) in [5.74, 6) is 8.07. The molecule has 0 radical (unpaired) electrons. The van der Waals surface area contributed by atoms with Gasteiger partial charge in [0.1, 0.15) is 52.9 Å². The first-order valence-corrected chi connectivity index (χ1v) is 36.9. The third-order valence-corrected chi connectivity index (χ3v) is 19.2. The van der Waals surface area contributed by atoms with Crippen LogP contribution < -0.4 is 0 Å². The first kappa shape index (κ1) is 73.9. The van der Waals surface area contributed by atoms with Gasteiger partial charge in [-0.2, -0.15) is 0 Å². The molecule has 8 atom stereocenters. The maximum Gasteiger partial charge on any atom is 0.188 e. The molecule has 16 heteroatoms. The summed E-state index contributed by atoms with van der Waals surface area (Å²) in [7, 11) is 0. The predicted octanol–water partition coefficient (Wildman–Crippen LogP) is 15.7. The summed E-state index contributed by atoms with van der Waals surface area (Å²) in [5.41, 5.74) is 14.1. The van der Waals surface area contributed by atoms with Gasteiger partial charge < -0.3 is 37.9 Å². The van der Waals surface area contributed by atoms with Gasteiger partial charge in [-0.05, 0) is 132 Å². The lowest BCUT2D eigenvalue weighted by atomic mass is 9.90. The minimum atomic E-state index is 0.311. The SMILES string of the molecule is CC(C)C1COC(Cc2ccc(CC3=NC(C(C)C)CO3)cc2)=N1.CCC1COC(Cc2cccc(CC3=NC(CC)CO3)c2)=N1.CCCC1COC(Cc2c(C)cc(C)c(CC3=NC(CCC)CO3)c2C)=N1.CCCC1COC(Cc2ccccc2CC2=NC(CCC)CO2)=N1. The standard InChI is InChI=1S/C23H34N2O2.2C20H28N2O2.C18H24N2O2/c1-6-8-18-13-26-22(24-18)11-20-15(3)10-16(4)21(17(20)5)12-23-25-19(9-7-2)14-27-23;1-13(2)17-11-23-19(21-17)9-15-5-7-16(8-6-15)10-20-22-18(12-24-20)14(3)4;1-3-7-17-13-23-19(21-17)11-15-9-5-6-10-16(15)12-20-22-18(8-4-2)14-24-20;1-3-15-11-21-17(19-15)9-13-6-5-7-14(8-13)10-18-20-16(4-2)12-22-18/h10,18-19H,6-9,11-14H2,1-5H3;5-8,13-14,17-18H,9-12H2,1-4H3;5-6,9-10,17-18H,3-4,7-8,11-14H2,1-2H3;5-8,15-16H,3-4,9-12H2,1-2H3. The van der Waals surface area contributed by atoms with Crippen molar-refractivity contribution in [2.75, 3.05) is 52.9 Å². The fourth-order valence-corrected chi connectivity index (χ4v) is 13.2. The molecule has 0 saturated carbocycles. The maximum atomic E-state index is 5.88. The number of hydrogen-bond acceptors (Lipinski definition) is 16. The number of rotatable bonds is 28. The van der Waals surface area contributed by atoms with Crippen LogP contribution in [0.25, 0.3) is 0 Å². The summed E-state index contributed by atoms with van der Waals surface area (Å²) in [5, 5.41) is 0. The van der Waals surface area contributed by atoms with Crippen molar-refractivity contribution >= 4 is 47.2 Å². The highest BCUT2D eigenvalue weighted by atomic mass is 16.5. The number of aliphatic imine (C=N–C) groups is 8. The summed E-state index contributed by atoms with van der Waals surface area (Å²) < 4.78 is 46.1. The third-order valence-electron chi connectivity index (χ3n) is 19.2. The van der Waals surface area contributed by atoms with Crippen LogP contribution in [0.3, 0.4) is 0 Å². The summed E-state index contributed by atoms with van der Waals surface area (Å²) >= 11 is 0. The smallest absolute Gasteiger partial charge is 0.188 e. The molecule has 8 aliphatic heterocycles. The van der Waals surface area contributed by atoms with Gasteiger partial charge in [-0.15, -0.1) is 0 Å². The van der Waals surface area contributed by atoms with E-state index in [9.17, 15) is 0 Å². The van der Waals surface area contributed by atoms with E-state index in [0.717, 1.165) is 216 Å². The Morgan fingerprint density at radius 2 is 0.619 bits per heavy atom. The molecule has 4 aromatic carbocycles. The van der Waals surface area contributed by atoms with Gasteiger partial charge in [0.15, 0.2) is 47.2 Å². The van der Waals surface area contributed by atoms with Crippen molar-refractivity contribution in [1.82, 2.24) is 0 Å².